The summed E-state index contributed by atoms with van der Waals surface area (Å²) in [6.45, 7) is -0.0470. The molecule has 0 bridgehead atoms. The number of rotatable bonds is 5. The highest BCUT2D eigenvalue weighted by atomic mass is 32.1. The van der Waals surface area contributed by atoms with Crippen LogP contribution in [0.1, 0.15) is 16.8 Å². The van der Waals surface area contributed by atoms with Gasteiger partial charge < -0.3 is 15.5 Å². The fourth-order valence-electron chi connectivity index (χ4n) is 1.96. The van der Waals surface area contributed by atoms with Crippen LogP contribution < -0.4 is 11.1 Å². The van der Waals surface area contributed by atoms with Crippen molar-refractivity contribution in [3.8, 4) is 6.07 Å². The minimum atomic E-state index is -0.336. The summed E-state index contributed by atoms with van der Waals surface area (Å²) >= 11 is 1.51. The van der Waals surface area contributed by atoms with Crippen LogP contribution in [0, 0.1) is 11.3 Å². The van der Waals surface area contributed by atoms with Gasteiger partial charge in [0.25, 0.3) is 0 Å². The molecule has 0 radical (unpaired) electrons. The summed E-state index contributed by atoms with van der Waals surface area (Å²) < 4.78 is 6.43. The number of nitrogens with one attached hydrogen (secondary N) is 1. The molecule has 0 saturated heterocycles. The van der Waals surface area contributed by atoms with E-state index in [1.165, 1.54) is 11.3 Å². The van der Waals surface area contributed by atoms with Gasteiger partial charge in [-0.15, -0.1) is 21.5 Å². The van der Waals surface area contributed by atoms with E-state index in [0.29, 0.717) is 18.0 Å². The van der Waals surface area contributed by atoms with Gasteiger partial charge in [0.1, 0.15) is 18.0 Å². The van der Waals surface area contributed by atoms with Crippen LogP contribution >= 0.6 is 11.3 Å². The largest absolute Gasteiger partial charge is 0.424 e. The van der Waals surface area contributed by atoms with Gasteiger partial charge in [-0.2, -0.15) is 5.26 Å². The van der Waals surface area contributed by atoms with Gasteiger partial charge in [-0.25, -0.2) is 4.98 Å². The lowest BCUT2D eigenvalue weighted by Gasteiger charge is -1.95. The highest BCUT2D eigenvalue weighted by molar-refractivity contribution is 7.18. The Bertz CT molecular complexity index is 894. The fraction of sp³-hybridized carbons (Fsp3) is 0.214. The minimum Gasteiger partial charge on any atom is -0.424 e. The van der Waals surface area contributed by atoms with Crippen molar-refractivity contribution in [2.75, 3.05) is 12.3 Å². The zero-order valence-electron chi connectivity index (χ0n) is 11.9. The van der Waals surface area contributed by atoms with Gasteiger partial charge in [0.15, 0.2) is 0 Å². The number of fused-ring (bicyclic) bond motifs is 1. The van der Waals surface area contributed by atoms with E-state index in [4.69, 9.17) is 15.4 Å². The molecule has 3 aromatic rings. The predicted octanol–water partition coefficient (Wildman–Crippen LogP) is 1.03. The van der Waals surface area contributed by atoms with Crippen LogP contribution in [0.4, 0.5) is 5.69 Å². The fourth-order valence-corrected chi connectivity index (χ4v) is 2.97. The SMILES string of the molecule is N#CCNC(=O)Cc1nnc(Cc2nc3ccc(N)cc3s2)o1. The number of aromatic nitrogens is 3. The molecule has 23 heavy (non-hydrogen) atoms. The van der Waals surface area contributed by atoms with Crippen molar-refractivity contribution in [1.82, 2.24) is 20.5 Å². The number of benzene rings is 1. The van der Waals surface area contributed by atoms with Crippen LogP contribution in [0.2, 0.25) is 0 Å². The third kappa shape index (κ3) is 3.61. The van der Waals surface area contributed by atoms with Crippen LogP contribution in [0.5, 0.6) is 0 Å². The van der Waals surface area contributed by atoms with Crippen molar-refractivity contribution < 1.29 is 9.21 Å². The maximum absolute atomic E-state index is 11.5. The normalized spacial score (nSPS) is 10.6. The summed E-state index contributed by atoms with van der Waals surface area (Å²) in [5.74, 6) is 0.262. The van der Waals surface area contributed by atoms with Crippen molar-refractivity contribution in [3.63, 3.8) is 0 Å². The van der Waals surface area contributed by atoms with Crippen LogP contribution in [-0.2, 0) is 17.6 Å². The number of nitrogen functional groups attached to an aromatic ring is 1. The average Bonchev–Trinajstić information content (AvgIpc) is 3.11. The third-order valence-electron chi connectivity index (χ3n) is 2.94. The van der Waals surface area contributed by atoms with Gasteiger partial charge in [-0.1, -0.05) is 0 Å². The van der Waals surface area contributed by atoms with E-state index < -0.39 is 0 Å². The van der Waals surface area contributed by atoms with Gasteiger partial charge in [0.2, 0.25) is 17.7 Å². The van der Waals surface area contributed by atoms with Crippen LogP contribution in [0.15, 0.2) is 22.6 Å². The van der Waals surface area contributed by atoms with E-state index >= 15 is 0 Å². The molecule has 8 nitrogen and oxygen atoms in total. The maximum Gasteiger partial charge on any atom is 0.230 e. The molecule has 0 atom stereocenters. The molecular formula is C14H12N6O2S. The smallest absolute Gasteiger partial charge is 0.230 e. The maximum atomic E-state index is 11.5. The summed E-state index contributed by atoms with van der Waals surface area (Å²) in [4.78, 5) is 16.0. The first kappa shape index (κ1) is 14.9. The topological polar surface area (TPSA) is 131 Å². The minimum absolute atomic E-state index is 0.0470. The number of hydrogen-bond donors (Lipinski definition) is 2. The van der Waals surface area contributed by atoms with Crippen LogP contribution in [0.3, 0.4) is 0 Å². The van der Waals surface area contributed by atoms with Gasteiger partial charge >= 0.3 is 0 Å². The first-order valence-electron chi connectivity index (χ1n) is 6.74. The Morgan fingerprint density at radius 3 is 3.04 bits per heavy atom. The molecule has 0 aliphatic carbocycles. The quantitative estimate of drug-likeness (QED) is 0.528. The molecule has 0 aliphatic rings. The molecular weight excluding hydrogens is 316 g/mol. The summed E-state index contributed by atoms with van der Waals surface area (Å²) in [6.07, 6.45) is 0.344. The second-order valence-electron chi connectivity index (χ2n) is 4.71. The Kier molecular flexibility index (Phi) is 4.16. The molecule has 2 aromatic heterocycles. The predicted molar refractivity (Wildman–Crippen MR) is 83.5 cm³/mol. The number of nitrogens with two attached hydrogens (primary N) is 1. The standard InChI is InChI=1S/C14H12N6O2S/c15-3-4-17-11(21)6-12-19-20-13(22-12)7-14-18-9-2-1-8(16)5-10(9)23-14/h1-2,5H,4,6-7,16H2,(H,17,21). The first-order valence-corrected chi connectivity index (χ1v) is 7.55. The number of thiazole rings is 1. The van der Waals surface area contributed by atoms with Gasteiger partial charge in [-0.3, -0.25) is 4.79 Å². The number of carbonyl (C=O) groups is 1. The molecule has 1 amide bonds. The second-order valence-corrected chi connectivity index (χ2v) is 5.83. The first-order chi connectivity index (χ1) is 11.1. The molecule has 0 fully saturated rings. The highest BCUT2D eigenvalue weighted by Crippen LogP contribution is 2.25. The van der Waals surface area contributed by atoms with E-state index in [9.17, 15) is 4.79 Å². The summed E-state index contributed by atoms with van der Waals surface area (Å²) in [7, 11) is 0. The van der Waals surface area contributed by atoms with Crippen molar-refractivity contribution >= 4 is 33.1 Å². The Balaban J connectivity index is 1.68. The molecule has 0 spiro atoms. The van der Waals surface area contributed by atoms with Crippen molar-refractivity contribution in [1.29, 1.82) is 5.26 Å². The number of amides is 1. The number of carbonyl (C=O) groups excluding carboxylic acids is 1. The Morgan fingerprint density at radius 1 is 1.39 bits per heavy atom. The lowest BCUT2D eigenvalue weighted by Crippen LogP contribution is -2.25. The zero-order valence-corrected chi connectivity index (χ0v) is 12.8. The number of nitrogens with zero attached hydrogens (tertiary/aromatic N) is 4. The van der Waals surface area contributed by atoms with Crippen molar-refractivity contribution in [2.24, 2.45) is 0 Å². The number of nitriles is 1. The molecule has 0 unspecified atom stereocenters. The summed E-state index contributed by atoms with van der Waals surface area (Å²) in [6, 6.07) is 7.36. The monoisotopic (exact) mass is 328 g/mol. The molecule has 3 N–H and O–H groups in total. The van der Waals surface area contributed by atoms with E-state index in [2.05, 4.69) is 20.5 Å². The average molecular weight is 328 g/mol. The molecule has 3 rings (SSSR count). The van der Waals surface area contributed by atoms with Crippen LogP contribution in [-0.4, -0.2) is 27.6 Å². The Morgan fingerprint density at radius 2 is 2.22 bits per heavy atom. The molecule has 9 heteroatoms. The zero-order chi connectivity index (χ0) is 16.2. The van der Waals surface area contributed by atoms with Crippen LogP contribution in [0.25, 0.3) is 10.2 Å². The van der Waals surface area contributed by atoms with Crippen molar-refractivity contribution in [2.45, 2.75) is 12.8 Å². The molecule has 0 saturated carbocycles. The highest BCUT2D eigenvalue weighted by Gasteiger charge is 2.13. The van der Waals surface area contributed by atoms with E-state index in [1.54, 1.807) is 6.07 Å². The third-order valence-corrected chi connectivity index (χ3v) is 3.96. The van der Waals surface area contributed by atoms with Crippen molar-refractivity contribution in [3.05, 3.63) is 35.0 Å². The summed E-state index contributed by atoms with van der Waals surface area (Å²) in [5, 5.41) is 19.4. The van der Waals surface area contributed by atoms with E-state index in [0.717, 1.165) is 15.2 Å². The Labute approximate surface area is 135 Å². The lowest BCUT2D eigenvalue weighted by molar-refractivity contribution is -0.120. The molecule has 116 valence electrons. The van der Waals surface area contributed by atoms with Gasteiger partial charge in [0, 0.05) is 5.69 Å². The second kappa shape index (κ2) is 6.41. The molecule has 1 aromatic carbocycles. The summed E-state index contributed by atoms with van der Waals surface area (Å²) in [5.41, 5.74) is 7.31. The number of hydrogen-bond acceptors (Lipinski definition) is 8. The Hall–Kier alpha value is -2.99. The van der Waals surface area contributed by atoms with Gasteiger partial charge in [0.05, 0.1) is 22.7 Å². The van der Waals surface area contributed by atoms with E-state index in [-0.39, 0.29) is 24.8 Å². The lowest BCUT2D eigenvalue weighted by atomic mass is 10.3. The van der Waals surface area contributed by atoms with Gasteiger partial charge in [-0.05, 0) is 18.2 Å². The number of anilines is 1. The van der Waals surface area contributed by atoms with E-state index in [1.807, 2.05) is 18.2 Å². The molecule has 2 heterocycles. The molecule has 0 aliphatic heterocycles.